The maximum Gasteiger partial charge on any atom is 0.186 e. The minimum atomic E-state index is -1.28. The van der Waals surface area contributed by atoms with Crippen molar-refractivity contribution in [1.82, 2.24) is 5.32 Å². The number of rotatable bonds is 8. The van der Waals surface area contributed by atoms with Crippen LogP contribution in [-0.2, 0) is 14.2 Å². The molecule has 120 valence electrons. The van der Waals surface area contributed by atoms with E-state index in [0.29, 0.717) is 26.3 Å². The fourth-order valence-electron chi connectivity index (χ4n) is 1.93. The molecule has 20 heavy (non-hydrogen) atoms. The highest BCUT2D eigenvalue weighted by molar-refractivity contribution is 4.90. The zero-order chi connectivity index (χ0) is 15.1. The molecule has 5 atom stereocenters. The van der Waals surface area contributed by atoms with Gasteiger partial charge in [-0.3, -0.25) is 0 Å². The lowest BCUT2D eigenvalue weighted by Gasteiger charge is -2.40. The van der Waals surface area contributed by atoms with Crippen molar-refractivity contribution in [1.29, 1.82) is 0 Å². The molecular formula is C13H27NO6. The van der Waals surface area contributed by atoms with E-state index in [9.17, 15) is 15.3 Å². The van der Waals surface area contributed by atoms with Crippen LogP contribution in [0, 0.1) is 5.92 Å². The van der Waals surface area contributed by atoms with Crippen molar-refractivity contribution in [3.05, 3.63) is 0 Å². The van der Waals surface area contributed by atoms with Crippen LogP contribution in [-0.4, -0.2) is 79.4 Å². The fraction of sp³-hybridized carbons (Fsp3) is 1.00. The molecule has 0 saturated carbocycles. The van der Waals surface area contributed by atoms with Gasteiger partial charge in [0.15, 0.2) is 6.29 Å². The number of aliphatic hydroxyl groups is 3. The molecule has 0 spiro atoms. The highest BCUT2D eigenvalue weighted by Crippen LogP contribution is 2.22. The van der Waals surface area contributed by atoms with E-state index in [0.717, 1.165) is 0 Å². The summed E-state index contributed by atoms with van der Waals surface area (Å²) < 4.78 is 15.9. The van der Waals surface area contributed by atoms with Gasteiger partial charge in [-0.15, -0.1) is 0 Å². The quantitative estimate of drug-likeness (QED) is 0.413. The minimum Gasteiger partial charge on any atom is -0.388 e. The van der Waals surface area contributed by atoms with Gasteiger partial charge >= 0.3 is 0 Å². The minimum absolute atomic E-state index is 0.285. The van der Waals surface area contributed by atoms with E-state index in [2.05, 4.69) is 5.32 Å². The molecule has 7 nitrogen and oxygen atoms in total. The Balaban J connectivity index is 2.47. The van der Waals surface area contributed by atoms with Crippen LogP contribution >= 0.6 is 0 Å². The van der Waals surface area contributed by atoms with Crippen LogP contribution < -0.4 is 5.32 Å². The third-order valence-electron chi connectivity index (χ3n) is 3.09. The lowest BCUT2D eigenvalue weighted by Crippen LogP contribution is -2.60. The Labute approximate surface area is 119 Å². The number of ether oxygens (including phenoxy) is 3. The lowest BCUT2D eigenvalue weighted by molar-refractivity contribution is -0.297. The third kappa shape index (κ3) is 5.25. The van der Waals surface area contributed by atoms with Crippen molar-refractivity contribution in [2.24, 2.45) is 5.92 Å². The van der Waals surface area contributed by atoms with E-state index in [-0.39, 0.29) is 5.92 Å². The summed E-state index contributed by atoms with van der Waals surface area (Å²) in [5.41, 5.74) is 0. The molecule has 0 aromatic rings. The summed E-state index contributed by atoms with van der Waals surface area (Å²) in [7, 11) is 1.60. The maximum atomic E-state index is 9.90. The smallest absolute Gasteiger partial charge is 0.186 e. The van der Waals surface area contributed by atoms with Gasteiger partial charge in [-0.25, -0.2) is 0 Å². The number of methoxy groups -OCH3 is 1. The highest BCUT2D eigenvalue weighted by atomic mass is 16.7. The van der Waals surface area contributed by atoms with Crippen LogP contribution in [0.1, 0.15) is 13.8 Å². The van der Waals surface area contributed by atoms with E-state index >= 15 is 0 Å². The summed E-state index contributed by atoms with van der Waals surface area (Å²) in [6.45, 7) is 5.86. The van der Waals surface area contributed by atoms with Crippen molar-refractivity contribution < 1.29 is 29.5 Å². The number of aliphatic hydroxyl groups excluding tert-OH is 3. The van der Waals surface area contributed by atoms with Crippen molar-refractivity contribution in [3.63, 3.8) is 0 Å². The van der Waals surface area contributed by atoms with E-state index < -0.39 is 30.7 Å². The molecule has 0 aromatic heterocycles. The zero-order valence-electron chi connectivity index (χ0n) is 12.4. The molecule has 1 unspecified atom stereocenters. The van der Waals surface area contributed by atoms with Crippen LogP contribution in [0.5, 0.6) is 0 Å². The number of nitrogens with one attached hydrogen (secondary N) is 1. The van der Waals surface area contributed by atoms with E-state index in [4.69, 9.17) is 14.2 Å². The van der Waals surface area contributed by atoms with Gasteiger partial charge in [0.25, 0.3) is 0 Å². The monoisotopic (exact) mass is 293 g/mol. The molecule has 0 radical (unpaired) electrons. The van der Waals surface area contributed by atoms with Gasteiger partial charge in [0.1, 0.15) is 24.4 Å². The van der Waals surface area contributed by atoms with Crippen LogP contribution in [0.4, 0.5) is 0 Å². The van der Waals surface area contributed by atoms with E-state index in [1.54, 1.807) is 7.11 Å². The molecule has 1 aliphatic heterocycles. The predicted octanol–water partition coefficient (Wildman–Crippen LogP) is -1.30. The molecule has 4 N–H and O–H groups in total. The van der Waals surface area contributed by atoms with Gasteiger partial charge in [0.05, 0.1) is 13.2 Å². The average molecular weight is 293 g/mol. The van der Waals surface area contributed by atoms with Gasteiger partial charge in [0, 0.05) is 20.2 Å². The molecular weight excluding hydrogens is 266 g/mol. The van der Waals surface area contributed by atoms with E-state index in [1.165, 1.54) is 0 Å². The summed E-state index contributed by atoms with van der Waals surface area (Å²) in [6, 6.07) is 0. The van der Waals surface area contributed by atoms with Gasteiger partial charge in [-0.2, -0.15) is 0 Å². The first-order chi connectivity index (χ1) is 9.47. The SMILES string of the molecule is COCCNC[C@H]1OC(OCC(C)C)[C@H](O)[C@@H](O)[C@@H]1O. The molecule has 1 heterocycles. The molecule has 1 rings (SSSR count). The lowest BCUT2D eigenvalue weighted by atomic mass is 9.99. The van der Waals surface area contributed by atoms with Crippen molar-refractivity contribution in [2.45, 2.75) is 44.6 Å². The summed E-state index contributed by atoms with van der Waals surface area (Å²) in [5.74, 6) is 0.285. The molecule has 0 aliphatic carbocycles. The zero-order valence-corrected chi connectivity index (χ0v) is 12.4. The second-order valence-electron chi connectivity index (χ2n) is 5.44. The largest absolute Gasteiger partial charge is 0.388 e. The van der Waals surface area contributed by atoms with Crippen molar-refractivity contribution >= 4 is 0 Å². The molecule has 7 heteroatoms. The Morgan fingerprint density at radius 3 is 2.45 bits per heavy atom. The Hall–Kier alpha value is -0.280. The molecule has 1 saturated heterocycles. The first kappa shape index (κ1) is 17.8. The summed E-state index contributed by atoms with van der Waals surface area (Å²) >= 11 is 0. The second kappa shape index (κ2) is 8.89. The van der Waals surface area contributed by atoms with Crippen LogP contribution in [0.3, 0.4) is 0 Å². The molecule has 0 amide bonds. The Bertz CT molecular complexity index is 265. The van der Waals surface area contributed by atoms with Crippen LogP contribution in [0.25, 0.3) is 0 Å². The van der Waals surface area contributed by atoms with Gasteiger partial charge in [0.2, 0.25) is 0 Å². The Morgan fingerprint density at radius 2 is 1.85 bits per heavy atom. The summed E-state index contributed by atoms with van der Waals surface area (Å²) in [6.07, 6.45) is -5.25. The Morgan fingerprint density at radius 1 is 1.15 bits per heavy atom. The summed E-state index contributed by atoms with van der Waals surface area (Å²) in [4.78, 5) is 0. The third-order valence-corrected chi connectivity index (χ3v) is 3.09. The van der Waals surface area contributed by atoms with Gasteiger partial charge in [-0.1, -0.05) is 13.8 Å². The number of hydrogen-bond donors (Lipinski definition) is 4. The van der Waals surface area contributed by atoms with Crippen LogP contribution in [0.15, 0.2) is 0 Å². The fourth-order valence-corrected chi connectivity index (χ4v) is 1.93. The Kier molecular flexibility index (Phi) is 7.90. The first-order valence-electron chi connectivity index (χ1n) is 6.98. The predicted molar refractivity (Wildman–Crippen MR) is 72.2 cm³/mol. The van der Waals surface area contributed by atoms with Crippen molar-refractivity contribution in [2.75, 3.05) is 33.4 Å². The first-order valence-corrected chi connectivity index (χ1v) is 6.98. The highest BCUT2D eigenvalue weighted by Gasteiger charge is 2.43. The summed E-state index contributed by atoms with van der Waals surface area (Å²) in [5, 5.41) is 32.6. The standard InChI is InChI=1S/C13H27NO6/c1-8(2)7-19-13-12(17)11(16)10(15)9(20-13)6-14-4-5-18-3/h8-17H,4-7H2,1-3H3/t9-,10-,11+,12-,13?/m1/s1. The topological polar surface area (TPSA) is 100 Å². The van der Waals surface area contributed by atoms with Gasteiger partial charge < -0.3 is 34.8 Å². The molecule has 0 bridgehead atoms. The number of hydrogen-bond acceptors (Lipinski definition) is 7. The van der Waals surface area contributed by atoms with Crippen LogP contribution in [0.2, 0.25) is 0 Å². The normalized spacial score (nSPS) is 34.6. The second-order valence-corrected chi connectivity index (χ2v) is 5.44. The molecule has 1 aliphatic rings. The van der Waals surface area contributed by atoms with Gasteiger partial charge in [-0.05, 0) is 5.92 Å². The maximum absolute atomic E-state index is 9.90. The van der Waals surface area contributed by atoms with Crippen molar-refractivity contribution in [3.8, 4) is 0 Å². The molecule has 1 fully saturated rings. The molecule has 0 aromatic carbocycles. The average Bonchev–Trinajstić information content (AvgIpc) is 2.41. The van der Waals surface area contributed by atoms with E-state index in [1.807, 2.05) is 13.8 Å².